The van der Waals surface area contributed by atoms with Gasteiger partial charge in [-0.1, -0.05) is 18.2 Å². The summed E-state index contributed by atoms with van der Waals surface area (Å²) in [6.07, 6.45) is 4.87. The van der Waals surface area contributed by atoms with Crippen LogP contribution in [0.2, 0.25) is 0 Å². The molecule has 6 nitrogen and oxygen atoms in total. The molecule has 1 fully saturated rings. The van der Waals surface area contributed by atoms with Gasteiger partial charge in [0.2, 0.25) is 0 Å². The average Bonchev–Trinajstić information content (AvgIpc) is 2.67. The van der Waals surface area contributed by atoms with E-state index in [1.165, 1.54) is 12.4 Å². The van der Waals surface area contributed by atoms with Gasteiger partial charge < -0.3 is 14.4 Å². The van der Waals surface area contributed by atoms with Gasteiger partial charge in [-0.2, -0.15) is 10.2 Å². The number of carbonyl (C=O) groups excluding carboxylic acids is 1. The highest BCUT2D eigenvalue weighted by atomic mass is 16.5. The van der Waals surface area contributed by atoms with Crippen molar-refractivity contribution >= 4 is 5.91 Å². The van der Waals surface area contributed by atoms with Crippen LogP contribution in [0.25, 0.3) is 0 Å². The van der Waals surface area contributed by atoms with Crippen LogP contribution in [0.3, 0.4) is 0 Å². The quantitative estimate of drug-likeness (QED) is 0.843. The number of aromatic nitrogens is 2. The standard InChI is InChI=1S/C18H21N3O3/c1-23-17-5-3-2-4-15(17)13-24-16-7-10-21(11-8-16)18(22)14-6-9-19-20-12-14/h2-6,9,12,16H,7-8,10-11,13H2,1H3. The van der Waals surface area contributed by atoms with Crippen LogP contribution in [0.5, 0.6) is 5.75 Å². The number of amides is 1. The molecule has 1 aromatic carbocycles. The molecule has 0 saturated carbocycles. The Hall–Kier alpha value is -2.47. The van der Waals surface area contributed by atoms with Crippen LogP contribution in [-0.4, -0.2) is 47.3 Å². The van der Waals surface area contributed by atoms with E-state index in [-0.39, 0.29) is 12.0 Å². The van der Waals surface area contributed by atoms with Gasteiger partial charge in [0.1, 0.15) is 5.75 Å². The molecule has 1 saturated heterocycles. The van der Waals surface area contributed by atoms with E-state index >= 15 is 0 Å². The summed E-state index contributed by atoms with van der Waals surface area (Å²) in [5, 5.41) is 7.46. The molecule has 0 atom stereocenters. The monoisotopic (exact) mass is 327 g/mol. The first-order chi connectivity index (χ1) is 11.8. The number of methoxy groups -OCH3 is 1. The molecule has 0 radical (unpaired) electrons. The topological polar surface area (TPSA) is 64.6 Å². The molecule has 126 valence electrons. The van der Waals surface area contributed by atoms with Crippen LogP contribution >= 0.6 is 0 Å². The van der Waals surface area contributed by atoms with Crippen LogP contribution in [-0.2, 0) is 11.3 Å². The normalized spacial score (nSPS) is 15.3. The number of carbonyl (C=O) groups is 1. The van der Waals surface area contributed by atoms with Crippen molar-refractivity contribution in [1.29, 1.82) is 0 Å². The number of likely N-dealkylation sites (tertiary alicyclic amines) is 1. The Kier molecular flexibility index (Phi) is 5.38. The van der Waals surface area contributed by atoms with E-state index < -0.39 is 0 Å². The molecule has 1 aliphatic heterocycles. The Bertz CT molecular complexity index is 670. The summed E-state index contributed by atoms with van der Waals surface area (Å²) in [5.41, 5.74) is 1.62. The maximum absolute atomic E-state index is 12.4. The molecule has 1 amide bonds. The van der Waals surface area contributed by atoms with Crippen molar-refractivity contribution in [2.75, 3.05) is 20.2 Å². The highest BCUT2D eigenvalue weighted by Crippen LogP contribution is 2.21. The second kappa shape index (κ2) is 7.88. The average molecular weight is 327 g/mol. The summed E-state index contributed by atoms with van der Waals surface area (Å²) in [6.45, 7) is 1.91. The highest BCUT2D eigenvalue weighted by Gasteiger charge is 2.24. The molecule has 0 bridgehead atoms. The van der Waals surface area contributed by atoms with Crippen LogP contribution in [0.4, 0.5) is 0 Å². The van der Waals surface area contributed by atoms with Crippen molar-refractivity contribution in [3.63, 3.8) is 0 Å². The molecule has 1 aromatic heterocycles. The van der Waals surface area contributed by atoms with Gasteiger partial charge in [0.25, 0.3) is 5.91 Å². The first kappa shape index (κ1) is 16.4. The van der Waals surface area contributed by atoms with E-state index in [1.54, 1.807) is 13.2 Å². The van der Waals surface area contributed by atoms with Gasteiger partial charge in [0, 0.05) is 18.7 Å². The number of ether oxygens (including phenoxy) is 2. The zero-order chi connectivity index (χ0) is 16.8. The highest BCUT2D eigenvalue weighted by molar-refractivity contribution is 5.93. The van der Waals surface area contributed by atoms with E-state index in [4.69, 9.17) is 9.47 Å². The Labute approximate surface area is 141 Å². The smallest absolute Gasteiger partial charge is 0.255 e. The summed E-state index contributed by atoms with van der Waals surface area (Å²) in [6, 6.07) is 9.56. The van der Waals surface area contributed by atoms with E-state index in [9.17, 15) is 4.79 Å². The molecule has 0 unspecified atom stereocenters. The van der Waals surface area contributed by atoms with E-state index in [0.717, 1.165) is 24.2 Å². The number of piperidine rings is 1. The van der Waals surface area contributed by atoms with Crippen molar-refractivity contribution in [2.24, 2.45) is 0 Å². The largest absolute Gasteiger partial charge is 0.496 e. The molecule has 2 aromatic rings. The third-order valence-corrected chi connectivity index (χ3v) is 4.23. The summed E-state index contributed by atoms with van der Waals surface area (Å²) in [4.78, 5) is 14.2. The zero-order valence-corrected chi connectivity index (χ0v) is 13.7. The fraction of sp³-hybridized carbons (Fsp3) is 0.389. The van der Waals surface area contributed by atoms with Gasteiger partial charge in [-0.25, -0.2) is 0 Å². The van der Waals surface area contributed by atoms with Crippen LogP contribution in [0, 0.1) is 0 Å². The van der Waals surface area contributed by atoms with E-state index in [0.29, 0.717) is 25.3 Å². The van der Waals surface area contributed by atoms with Crippen molar-refractivity contribution in [2.45, 2.75) is 25.6 Å². The van der Waals surface area contributed by atoms with Crippen molar-refractivity contribution in [3.8, 4) is 5.75 Å². The molecule has 0 N–H and O–H groups in total. The molecular weight excluding hydrogens is 306 g/mol. The minimum atomic E-state index is 0.00748. The SMILES string of the molecule is COc1ccccc1COC1CCN(C(=O)c2ccnnc2)CC1. The minimum Gasteiger partial charge on any atom is -0.496 e. The Morgan fingerprint density at radius 2 is 2.00 bits per heavy atom. The lowest BCUT2D eigenvalue weighted by Crippen LogP contribution is -2.40. The van der Waals surface area contributed by atoms with Gasteiger partial charge in [0.15, 0.2) is 0 Å². The number of rotatable bonds is 5. The Morgan fingerprint density at radius 1 is 1.21 bits per heavy atom. The fourth-order valence-corrected chi connectivity index (χ4v) is 2.86. The number of nitrogens with zero attached hydrogens (tertiary/aromatic N) is 3. The molecule has 6 heteroatoms. The third-order valence-electron chi connectivity index (χ3n) is 4.23. The predicted octanol–water partition coefficient (Wildman–Crippen LogP) is 2.31. The van der Waals surface area contributed by atoms with Crippen molar-refractivity contribution in [1.82, 2.24) is 15.1 Å². The summed E-state index contributed by atoms with van der Waals surface area (Å²) < 4.78 is 11.3. The van der Waals surface area contributed by atoms with Gasteiger partial charge in [-0.3, -0.25) is 4.79 Å². The summed E-state index contributed by atoms with van der Waals surface area (Å²) in [5.74, 6) is 0.850. The first-order valence-corrected chi connectivity index (χ1v) is 8.07. The van der Waals surface area contributed by atoms with Gasteiger partial charge in [0.05, 0.1) is 37.8 Å². The number of para-hydroxylation sites is 1. The van der Waals surface area contributed by atoms with Crippen molar-refractivity contribution in [3.05, 3.63) is 53.9 Å². The molecule has 24 heavy (non-hydrogen) atoms. The molecule has 2 heterocycles. The third kappa shape index (κ3) is 3.89. The molecule has 0 spiro atoms. The van der Waals surface area contributed by atoms with Crippen LogP contribution in [0.15, 0.2) is 42.7 Å². The number of hydrogen-bond donors (Lipinski definition) is 0. The molecule has 0 aliphatic carbocycles. The predicted molar refractivity (Wildman–Crippen MR) is 88.7 cm³/mol. The number of hydrogen-bond acceptors (Lipinski definition) is 5. The van der Waals surface area contributed by atoms with Crippen LogP contribution < -0.4 is 4.74 Å². The minimum absolute atomic E-state index is 0.00748. The number of benzene rings is 1. The summed E-state index contributed by atoms with van der Waals surface area (Å²) in [7, 11) is 1.66. The maximum atomic E-state index is 12.4. The van der Waals surface area contributed by atoms with Crippen molar-refractivity contribution < 1.29 is 14.3 Å². The molecular formula is C18H21N3O3. The fourth-order valence-electron chi connectivity index (χ4n) is 2.86. The lowest BCUT2D eigenvalue weighted by Gasteiger charge is -2.32. The first-order valence-electron chi connectivity index (χ1n) is 8.07. The zero-order valence-electron chi connectivity index (χ0n) is 13.7. The Balaban J connectivity index is 1.50. The van der Waals surface area contributed by atoms with E-state index in [1.807, 2.05) is 29.2 Å². The van der Waals surface area contributed by atoms with Crippen LogP contribution in [0.1, 0.15) is 28.8 Å². The lowest BCUT2D eigenvalue weighted by molar-refractivity contribution is -0.000973. The Morgan fingerprint density at radius 3 is 2.71 bits per heavy atom. The van der Waals surface area contributed by atoms with Gasteiger partial charge in [-0.15, -0.1) is 0 Å². The van der Waals surface area contributed by atoms with E-state index in [2.05, 4.69) is 10.2 Å². The second-order valence-corrected chi connectivity index (χ2v) is 5.75. The van der Waals surface area contributed by atoms with Gasteiger partial charge in [-0.05, 0) is 25.0 Å². The molecule has 1 aliphatic rings. The van der Waals surface area contributed by atoms with Gasteiger partial charge >= 0.3 is 0 Å². The summed E-state index contributed by atoms with van der Waals surface area (Å²) >= 11 is 0. The maximum Gasteiger partial charge on any atom is 0.255 e. The second-order valence-electron chi connectivity index (χ2n) is 5.75. The molecule has 3 rings (SSSR count). The lowest BCUT2D eigenvalue weighted by atomic mass is 10.1.